The number of rotatable bonds is 0. The molecule has 1 atom stereocenters. The summed E-state index contributed by atoms with van der Waals surface area (Å²) in [6.45, 7) is 4.57. The number of benzene rings is 1. The van der Waals surface area contributed by atoms with Gasteiger partial charge in [-0.15, -0.1) is 0 Å². The molecule has 1 nitrogen and oxygen atoms in total. The predicted octanol–water partition coefficient (Wildman–Crippen LogP) is 3.60. The first-order valence-corrected chi connectivity index (χ1v) is 5.84. The maximum absolute atomic E-state index is 3.59. The van der Waals surface area contributed by atoms with Gasteiger partial charge in [-0.3, -0.25) is 0 Å². The van der Waals surface area contributed by atoms with E-state index in [9.17, 15) is 0 Å². The van der Waals surface area contributed by atoms with E-state index >= 15 is 0 Å². The monoisotopic (exact) mass is 199 g/mol. The Morgan fingerprint density at radius 3 is 3.07 bits per heavy atom. The van der Waals surface area contributed by atoms with Gasteiger partial charge < -0.3 is 4.98 Å². The third kappa shape index (κ3) is 1.30. The fourth-order valence-corrected chi connectivity index (χ4v) is 2.85. The number of aromatic nitrogens is 1. The third-order valence-corrected chi connectivity index (χ3v) is 3.66. The molecule has 1 heteroatoms. The molecular formula is C14H17N. The molecule has 1 unspecified atom stereocenters. The van der Waals surface area contributed by atoms with Gasteiger partial charge in [0.2, 0.25) is 0 Å². The van der Waals surface area contributed by atoms with E-state index in [0.29, 0.717) is 0 Å². The highest BCUT2D eigenvalue weighted by molar-refractivity contribution is 5.88. The number of hydrogen-bond donors (Lipinski definition) is 1. The highest BCUT2D eigenvalue weighted by Crippen LogP contribution is 2.32. The van der Waals surface area contributed by atoms with E-state index in [2.05, 4.69) is 37.0 Å². The van der Waals surface area contributed by atoms with Crippen molar-refractivity contribution < 1.29 is 0 Å². The van der Waals surface area contributed by atoms with Crippen molar-refractivity contribution in [3.63, 3.8) is 0 Å². The Morgan fingerprint density at radius 2 is 2.20 bits per heavy atom. The summed E-state index contributed by atoms with van der Waals surface area (Å²) in [5, 5.41) is 1.49. The minimum absolute atomic E-state index is 0.839. The summed E-state index contributed by atoms with van der Waals surface area (Å²) in [7, 11) is 0. The van der Waals surface area contributed by atoms with Gasteiger partial charge in [-0.05, 0) is 49.3 Å². The Kier molecular flexibility index (Phi) is 1.88. The van der Waals surface area contributed by atoms with Crippen molar-refractivity contribution >= 4 is 10.9 Å². The molecule has 0 saturated heterocycles. The molecule has 78 valence electrons. The number of nitrogens with one attached hydrogen (secondary N) is 1. The van der Waals surface area contributed by atoms with Gasteiger partial charge in [-0.1, -0.05) is 19.1 Å². The molecule has 0 fully saturated rings. The van der Waals surface area contributed by atoms with E-state index < -0.39 is 0 Å². The van der Waals surface area contributed by atoms with Crippen LogP contribution in [0.15, 0.2) is 18.2 Å². The summed E-state index contributed by atoms with van der Waals surface area (Å²) in [5.74, 6) is 0.839. The lowest BCUT2D eigenvalue weighted by molar-refractivity contribution is 0.497. The molecule has 1 aliphatic carbocycles. The Morgan fingerprint density at radius 1 is 1.33 bits per heavy atom. The van der Waals surface area contributed by atoms with E-state index in [1.165, 1.54) is 41.4 Å². The van der Waals surface area contributed by atoms with Gasteiger partial charge >= 0.3 is 0 Å². The van der Waals surface area contributed by atoms with E-state index in [1.807, 2.05) is 0 Å². The normalized spacial score (nSPS) is 20.5. The molecule has 0 saturated carbocycles. The van der Waals surface area contributed by atoms with Gasteiger partial charge in [0.1, 0.15) is 0 Å². The molecule has 1 aromatic carbocycles. The molecule has 3 rings (SSSR count). The fourth-order valence-electron chi connectivity index (χ4n) is 2.85. The zero-order chi connectivity index (χ0) is 10.4. The molecule has 1 aromatic heterocycles. The van der Waals surface area contributed by atoms with Crippen LogP contribution < -0.4 is 0 Å². The summed E-state index contributed by atoms with van der Waals surface area (Å²) < 4.78 is 0. The summed E-state index contributed by atoms with van der Waals surface area (Å²) in [5.41, 5.74) is 5.81. The number of aryl methyl sites for hydroxylation is 2. The lowest BCUT2D eigenvalue weighted by Crippen LogP contribution is -2.10. The van der Waals surface area contributed by atoms with Gasteiger partial charge in [0, 0.05) is 16.6 Å². The molecule has 1 aliphatic rings. The minimum Gasteiger partial charge on any atom is -0.358 e. The van der Waals surface area contributed by atoms with Crippen LogP contribution in [0.1, 0.15) is 30.2 Å². The Balaban J connectivity index is 2.29. The van der Waals surface area contributed by atoms with Crippen LogP contribution in [-0.4, -0.2) is 4.98 Å². The maximum Gasteiger partial charge on any atom is 0.0461 e. The first-order chi connectivity index (χ1) is 7.25. The van der Waals surface area contributed by atoms with Crippen LogP contribution in [-0.2, 0) is 12.8 Å². The topological polar surface area (TPSA) is 15.8 Å². The van der Waals surface area contributed by atoms with Gasteiger partial charge in [0.05, 0.1) is 0 Å². The Hall–Kier alpha value is -1.24. The zero-order valence-corrected chi connectivity index (χ0v) is 9.43. The molecule has 0 amide bonds. The van der Waals surface area contributed by atoms with Crippen LogP contribution in [0.2, 0.25) is 0 Å². The number of aromatic amines is 1. The highest BCUT2D eigenvalue weighted by Gasteiger charge is 2.19. The second-order valence-electron chi connectivity index (χ2n) is 4.93. The van der Waals surface area contributed by atoms with Crippen molar-refractivity contribution in [3.05, 3.63) is 35.0 Å². The third-order valence-electron chi connectivity index (χ3n) is 3.66. The van der Waals surface area contributed by atoms with Crippen LogP contribution >= 0.6 is 0 Å². The average Bonchev–Trinajstić information content (AvgIpc) is 2.56. The van der Waals surface area contributed by atoms with Crippen LogP contribution in [0.5, 0.6) is 0 Å². The van der Waals surface area contributed by atoms with Crippen LogP contribution in [0.3, 0.4) is 0 Å². The number of H-pyrrole nitrogens is 1. The summed E-state index contributed by atoms with van der Waals surface area (Å²) in [6, 6.07) is 6.56. The molecule has 0 radical (unpaired) electrons. The van der Waals surface area contributed by atoms with Crippen molar-refractivity contribution in [2.45, 2.75) is 33.1 Å². The van der Waals surface area contributed by atoms with Crippen molar-refractivity contribution in [3.8, 4) is 0 Å². The van der Waals surface area contributed by atoms with Gasteiger partial charge in [-0.2, -0.15) is 0 Å². The van der Waals surface area contributed by atoms with Crippen LogP contribution in [0, 0.1) is 12.8 Å². The average molecular weight is 199 g/mol. The fraction of sp³-hybridized carbons (Fsp3) is 0.429. The van der Waals surface area contributed by atoms with Crippen molar-refractivity contribution in [1.82, 2.24) is 4.98 Å². The second kappa shape index (κ2) is 3.13. The highest BCUT2D eigenvalue weighted by atomic mass is 14.7. The summed E-state index contributed by atoms with van der Waals surface area (Å²) >= 11 is 0. The van der Waals surface area contributed by atoms with E-state index in [4.69, 9.17) is 0 Å². The molecule has 0 bridgehead atoms. The van der Waals surface area contributed by atoms with Crippen molar-refractivity contribution in [2.24, 2.45) is 5.92 Å². The minimum atomic E-state index is 0.839. The van der Waals surface area contributed by atoms with Crippen molar-refractivity contribution in [1.29, 1.82) is 0 Å². The maximum atomic E-state index is 3.59. The smallest absolute Gasteiger partial charge is 0.0461 e. The van der Waals surface area contributed by atoms with E-state index in [0.717, 1.165) is 5.92 Å². The lowest BCUT2D eigenvalue weighted by Gasteiger charge is -2.18. The number of fused-ring (bicyclic) bond motifs is 3. The van der Waals surface area contributed by atoms with Gasteiger partial charge in [0.15, 0.2) is 0 Å². The SMILES string of the molecule is Cc1cccc2[nH]c3c(c12)CCC(C)C3. The molecule has 0 aliphatic heterocycles. The molecule has 1 heterocycles. The Labute approximate surface area is 90.5 Å². The zero-order valence-electron chi connectivity index (χ0n) is 9.43. The quantitative estimate of drug-likeness (QED) is 0.667. The van der Waals surface area contributed by atoms with Gasteiger partial charge in [-0.25, -0.2) is 0 Å². The van der Waals surface area contributed by atoms with E-state index in [-0.39, 0.29) is 0 Å². The largest absolute Gasteiger partial charge is 0.358 e. The standard InChI is InChI=1S/C14H17N/c1-9-6-7-11-13(8-9)15-12-5-3-4-10(2)14(11)12/h3-5,9,15H,6-8H2,1-2H3. The first-order valence-electron chi connectivity index (χ1n) is 5.84. The van der Waals surface area contributed by atoms with E-state index in [1.54, 1.807) is 5.56 Å². The van der Waals surface area contributed by atoms with Gasteiger partial charge in [0.25, 0.3) is 0 Å². The van der Waals surface area contributed by atoms with Crippen LogP contribution in [0.25, 0.3) is 10.9 Å². The molecular weight excluding hydrogens is 182 g/mol. The Bertz CT molecular complexity index is 507. The summed E-state index contributed by atoms with van der Waals surface area (Å²) in [6.07, 6.45) is 3.82. The molecule has 15 heavy (non-hydrogen) atoms. The molecule has 0 spiro atoms. The lowest BCUT2D eigenvalue weighted by atomic mass is 9.87. The molecule has 2 aromatic rings. The first kappa shape index (κ1) is 9.02. The predicted molar refractivity (Wildman–Crippen MR) is 64.2 cm³/mol. The van der Waals surface area contributed by atoms with Crippen LogP contribution in [0.4, 0.5) is 0 Å². The second-order valence-corrected chi connectivity index (χ2v) is 4.93. The molecule has 1 N–H and O–H groups in total. The number of hydrogen-bond acceptors (Lipinski definition) is 0. The summed E-state index contributed by atoms with van der Waals surface area (Å²) in [4.78, 5) is 3.59. The van der Waals surface area contributed by atoms with Crippen molar-refractivity contribution in [2.75, 3.05) is 0 Å².